The predicted octanol–water partition coefficient (Wildman–Crippen LogP) is 23.9. The number of esters is 3. The molecule has 0 heterocycles. The van der Waals surface area contributed by atoms with Crippen molar-refractivity contribution in [2.45, 2.75) is 309 Å². The summed E-state index contributed by atoms with van der Waals surface area (Å²) in [7, 11) is 0. The summed E-state index contributed by atoms with van der Waals surface area (Å²) in [6, 6.07) is 0. The van der Waals surface area contributed by atoms with Crippen molar-refractivity contribution in [2.75, 3.05) is 13.2 Å². The van der Waals surface area contributed by atoms with E-state index in [0.717, 1.165) is 116 Å². The second kappa shape index (κ2) is 69.8. The topological polar surface area (TPSA) is 78.9 Å². The van der Waals surface area contributed by atoms with Gasteiger partial charge in [-0.15, -0.1) is 0 Å². The van der Waals surface area contributed by atoms with E-state index in [1.807, 2.05) is 6.08 Å². The highest BCUT2D eigenvalue weighted by Gasteiger charge is 2.19. The monoisotopic (exact) mass is 1150 g/mol. The van der Waals surface area contributed by atoms with Gasteiger partial charge in [0.2, 0.25) is 0 Å². The first-order valence-corrected chi connectivity index (χ1v) is 34.3. The smallest absolute Gasteiger partial charge is 0.306 e. The first-order chi connectivity index (χ1) is 41.0. The van der Waals surface area contributed by atoms with E-state index in [2.05, 4.69) is 161 Å². The fourth-order valence-electron chi connectivity index (χ4n) is 9.30. The normalized spacial score (nSPS) is 13.0. The lowest BCUT2D eigenvalue weighted by Crippen LogP contribution is -2.30. The number of hydrogen-bond donors (Lipinski definition) is 0. The van der Waals surface area contributed by atoms with Gasteiger partial charge in [-0.3, -0.25) is 14.4 Å². The molecule has 0 saturated heterocycles. The van der Waals surface area contributed by atoms with Crippen LogP contribution in [-0.4, -0.2) is 37.2 Å². The number of rotatable bonds is 61. The Morgan fingerprint density at radius 3 is 0.783 bits per heavy atom. The van der Waals surface area contributed by atoms with E-state index < -0.39 is 12.1 Å². The van der Waals surface area contributed by atoms with Crippen molar-refractivity contribution in [1.29, 1.82) is 0 Å². The van der Waals surface area contributed by atoms with Crippen LogP contribution in [0, 0.1) is 0 Å². The summed E-state index contributed by atoms with van der Waals surface area (Å²) in [6.45, 7) is 6.36. The van der Waals surface area contributed by atoms with Crippen LogP contribution in [0.2, 0.25) is 0 Å². The van der Waals surface area contributed by atoms with Crippen LogP contribution in [-0.2, 0) is 28.6 Å². The third kappa shape index (κ3) is 68.0. The third-order valence-corrected chi connectivity index (χ3v) is 14.4. The summed E-state index contributed by atoms with van der Waals surface area (Å²) in [5, 5.41) is 0. The Morgan fingerprint density at radius 1 is 0.253 bits per heavy atom. The Morgan fingerprint density at radius 2 is 0.494 bits per heavy atom. The highest BCUT2D eigenvalue weighted by atomic mass is 16.6. The molecular weight excluding hydrogens is 1020 g/mol. The number of carbonyl (C=O) groups is 3. The molecule has 0 spiro atoms. The predicted molar refractivity (Wildman–Crippen MR) is 362 cm³/mol. The SMILES string of the molecule is CC/C=C\C/C=C\C/C=C\C/C=C\C/C=C\C/C=C\CCCCCCCCCCCCCCCCC(=O)OCC(COC(=O)CCCCCCCCCCCCCCC)OC(=O)CC/C=C\C/C=C\C/C=C\C/C=C\C/C=C\C/C=C\CC. The van der Waals surface area contributed by atoms with E-state index in [4.69, 9.17) is 14.2 Å². The Bertz CT molecular complexity index is 1800. The molecule has 0 amide bonds. The van der Waals surface area contributed by atoms with Gasteiger partial charge < -0.3 is 14.2 Å². The highest BCUT2D eigenvalue weighted by molar-refractivity contribution is 5.71. The van der Waals surface area contributed by atoms with Gasteiger partial charge in [-0.25, -0.2) is 0 Å². The summed E-state index contributed by atoms with van der Waals surface area (Å²) >= 11 is 0. The minimum Gasteiger partial charge on any atom is -0.462 e. The van der Waals surface area contributed by atoms with Crippen LogP contribution < -0.4 is 0 Å². The van der Waals surface area contributed by atoms with Crippen LogP contribution in [0.4, 0.5) is 0 Å². The Hall–Kier alpha value is -4.71. The summed E-state index contributed by atoms with van der Waals surface area (Å²) in [5.41, 5.74) is 0. The summed E-state index contributed by atoms with van der Waals surface area (Å²) < 4.78 is 16.9. The summed E-state index contributed by atoms with van der Waals surface area (Å²) in [5.74, 6) is -0.988. The van der Waals surface area contributed by atoms with E-state index >= 15 is 0 Å². The van der Waals surface area contributed by atoms with Gasteiger partial charge >= 0.3 is 17.9 Å². The lowest BCUT2D eigenvalue weighted by Gasteiger charge is -2.18. The molecule has 0 fully saturated rings. The van der Waals surface area contributed by atoms with E-state index in [1.165, 1.54) is 141 Å². The molecule has 470 valence electrons. The maximum Gasteiger partial charge on any atom is 0.306 e. The maximum absolute atomic E-state index is 12.9. The number of ether oxygens (including phenoxy) is 3. The van der Waals surface area contributed by atoms with E-state index in [0.29, 0.717) is 19.3 Å². The zero-order valence-electron chi connectivity index (χ0n) is 53.9. The third-order valence-electron chi connectivity index (χ3n) is 14.4. The molecule has 6 nitrogen and oxygen atoms in total. The van der Waals surface area contributed by atoms with Crippen LogP contribution in [0.5, 0.6) is 0 Å². The first kappa shape index (κ1) is 78.3. The molecule has 1 unspecified atom stereocenters. The van der Waals surface area contributed by atoms with E-state index in [-0.39, 0.29) is 31.6 Å². The molecule has 0 saturated carbocycles. The van der Waals surface area contributed by atoms with Crippen LogP contribution in [0.15, 0.2) is 146 Å². The molecule has 0 rings (SSSR count). The average Bonchev–Trinajstić information content (AvgIpc) is 3.49. The van der Waals surface area contributed by atoms with Crippen LogP contribution >= 0.6 is 0 Å². The first-order valence-electron chi connectivity index (χ1n) is 34.3. The molecule has 0 aromatic rings. The summed E-state index contributed by atoms with van der Waals surface area (Å²) in [6.07, 6.45) is 100. The standard InChI is InChI=1S/C77H126O6/c1-4-7-10-13-16-19-22-25-27-29-31-32-33-34-35-36-37-38-39-40-41-42-43-44-46-47-49-52-55-58-61-64-67-70-76(79)82-73-74(72-81-75(78)69-66-63-60-57-54-51-24-21-18-15-12-9-6-3)83-77(80)71-68-65-62-59-56-53-50-48-45-30-28-26-23-20-17-14-11-8-5-2/h7-8,10-11,16-17,19-20,25-28,31-32,34-35,37-38,45,48,53,56,62,65,74H,4-6,9,12-15,18,21-24,29-30,33,36,39-44,46-47,49-52,54-55,57-61,63-64,66-73H2,1-3H3/b10-7-,11-8-,19-16-,20-17-,27-25-,28-26-,32-31-,35-34-,38-37-,48-45-,56-53-,65-62-. The molecule has 0 bridgehead atoms. The molecule has 0 aliphatic heterocycles. The molecule has 0 aromatic carbocycles. The maximum atomic E-state index is 12.9. The fraction of sp³-hybridized carbons (Fsp3) is 0.649. The van der Waals surface area contributed by atoms with E-state index in [9.17, 15) is 14.4 Å². The molecule has 0 N–H and O–H groups in total. The number of carbonyl (C=O) groups excluding carboxylic acids is 3. The van der Waals surface area contributed by atoms with E-state index in [1.54, 1.807) is 0 Å². The van der Waals surface area contributed by atoms with Gasteiger partial charge in [-0.1, -0.05) is 321 Å². The van der Waals surface area contributed by atoms with Crippen LogP contribution in [0.25, 0.3) is 0 Å². The van der Waals surface area contributed by atoms with Crippen LogP contribution in [0.1, 0.15) is 303 Å². The van der Waals surface area contributed by atoms with Crippen molar-refractivity contribution in [2.24, 2.45) is 0 Å². The largest absolute Gasteiger partial charge is 0.462 e. The molecule has 0 radical (unpaired) electrons. The Balaban J connectivity index is 4.30. The zero-order valence-corrected chi connectivity index (χ0v) is 53.9. The quantitative estimate of drug-likeness (QED) is 0.0261. The second-order valence-corrected chi connectivity index (χ2v) is 22.3. The lowest BCUT2D eigenvalue weighted by molar-refractivity contribution is -0.166. The lowest BCUT2D eigenvalue weighted by atomic mass is 10.0. The molecule has 1 atom stereocenters. The number of allylic oxidation sites excluding steroid dienone is 24. The average molecular weight is 1150 g/mol. The van der Waals surface area contributed by atoms with Gasteiger partial charge in [-0.2, -0.15) is 0 Å². The molecule has 83 heavy (non-hydrogen) atoms. The number of unbranched alkanes of at least 4 members (excludes halogenated alkanes) is 26. The molecule has 0 aliphatic rings. The van der Waals surface area contributed by atoms with Crippen molar-refractivity contribution in [3.05, 3.63) is 146 Å². The van der Waals surface area contributed by atoms with Gasteiger partial charge in [0.25, 0.3) is 0 Å². The summed E-state index contributed by atoms with van der Waals surface area (Å²) in [4.78, 5) is 38.3. The van der Waals surface area contributed by atoms with Crippen molar-refractivity contribution in [3.63, 3.8) is 0 Å². The van der Waals surface area contributed by atoms with Gasteiger partial charge in [0, 0.05) is 19.3 Å². The molecule has 0 aromatic heterocycles. The van der Waals surface area contributed by atoms with Crippen molar-refractivity contribution < 1.29 is 28.6 Å². The highest BCUT2D eigenvalue weighted by Crippen LogP contribution is 2.16. The van der Waals surface area contributed by atoms with Gasteiger partial charge in [0.05, 0.1) is 0 Å². The van der Waals surface area contributed by atoms with Gasteiger partial charge in [-0.05, 0) is 109 Å². The number of hydrogen-bond acceptors (Lipinski definition) is 6. The second-order valence-electron chi connectivity index (χ2n) is 22.3. The van der Waals surface area contributed by atoms with Gasteiger partial charge in [0.1, 0.15) is 13.2 Å². The fourth-order valence-corrected chi connectivity index (χ4v) is 9.30. The Labute approximate surface area is 512 Å². The van der Waals surface area contributed by atoms with Crippen molar-refractivity contribution >= 4 is 17.9 Å². The van der Waals surface area contributed by atoms with Crippen LogP contribution in [0.3, 0.4) is 0 Å². The Kier molecular flexibility index (Phi) is 65.8. The van der Waals surface area contributed by atoms with Gasteiger partial charge in [0.15, 0.2) is 6.10 Å². The zero-order chi connectivity index (χ0) is 59.9. The minimum absolute atomic E-state index is 0.109. The molecular formula is C77H126O6. The van der Waals surface area contributed by atoms with Crippen molar-refractivity contribution in [1.82, 2.24) is 0 Å². The van der Waals surface area contributed by atoms with Crippen molar-refractivity contribution in [3.8, 4) is 0 Å². The molecule has 0 aliphatic carbocycles. The molecule has 6 heteroatoms. The minimum atomic E-state index is -0.822.